The lowest BCUT2D eigenvalue weighted by atomic mass is 10.2. The van der Waals surface area contributed by atoms with E-state index >= 15 is 0 Å². The van der Waals surface area contributed by atoms with Crippen LogP contribution in [0.25, 0.3) is 0 Å². The van der Waals surface area contributed by atoms with E-state index < -0.39 is 0 Å². The van der Waals surface area contributed by atoms with Crippen LogP contribution < -0.4 is 0 Å². The van der Waals surface area contributed by atoms with Crippen LogP contribution >= 0.6 is 11.8 Å². The Kier molecular flexibility index (Phi) is 2.91. The number of thioether (sulfide) groups is 1. The topological polar surface area (TPSA) is 26.3 Å². The first-order chi connectivity index (χ1) is 4.43. The van der Waals surface area contributed by atoms with Gasteiger partial charge in [0.15, 0.2) is 0 Å². The highest BCUT2D eigenvalue weighted by Crippen LogP contribution is 2.24. The summed E-state index contributed by atoms with van der Waals surface area (Å²) in [6.45, 7) is 1.47. The van der Waals surface area contributed by atoms with Gasteiger partial charge in [-0.25, -0.2) is 4.79 Å². The van der Waals surface area contributed by atoms with Crippen molar-refractivity contribution in [3.63, 3.8) is 0 Å². The van der Waals surface area contributed by atoms with Crippen LogP contribution in [-0.2, 0) is 9.53 Å². The minimum absolute atomic E-state index is 0.0937. The van der Waals surface area contributed by atoms with E-state index in [0.29, 0.717) is 0 Å². The van der Waals surface area contributed by atoms with Gasteiger partial charge in [0.05, 0.1) is 0 Å². The maximum Gasteiger partial charge on any atom is 0.418 e. The van der Waals surface area contributed by atoms with Crippen molar-refractivity contribution in [2.45, 2.75) is 24.7 Å². The molecule has 0 bridgehead atoms. The molecule has 1 atom stereocenters. The number of carbonyl (C=O) groups excluding carboxylic acids is 1. The molecule has 1 aliphatic rings. The Morgan fingerprint density at radius 3 is 3.00 bits per heavy atom. The molecule has 0 spiro atoms. The first-order valence-corrected chi connectivity index (χ1v) is 4.13. The fourth-order valence-electron chi connectivity index (χ4n) is 0.858. The smallest absolute Gasteiger partial charge is 0.418 e. The average Bonchev–Trinajstić information content (AvgIpc) is 1.91. The summed E-state index contributed by atoms with van der Waals surface area (Å²) in [6, 6.07) is 0. The van der Waals surface area contributed by atoms with Crippen LogP contribution in [0.4, 0.5) is 0 Å². The molecule has 1 heterocycles. The molecule has 0 N–H and O–H groups in total. The molecule has 0 saturated carbocycles. The number of hydrogen-bond acceptors (Lipinski definition) is 3. The number of ether oxygens (including phenoxy) is 1. The van der Waals surface area contributed by atoms with Crippen LogP contribution in [0.2, 0.25) is 0 Å². The second-order valence-corrected chi connectivity index (χ2v) is 3.26. The van der Waals surface area contributed by atoms with Gasteiger partial charge < -0.3 is 4.74 Å². The first-order valence-electron chi connectivity index (χ1n) is 3.08. The van der Waals surface area contributed by atoms with Gasteiger partial charge >= 0.3 is 6.47 Å². The van der Waals surface area contributed by atoms with Gasteiger partial charge in [0.2, 0.25) is 0 Å². The molecule has 0 aromatic carbocycles. The number of hydrogen-bond donors (Lipinski definition) is 0. The summed E-state index contributed by atoms with van der Waals surface area (Å²) < 4.78 is 4.64. The van der Waals surface area contributed by atoms with Gasteiger partial charge in [0.25, 0.3) is 0 Å². The molecule has 3 heteroatoms. The van der Waals surface area contributed by atoms with Gasteiger partial charge in [-0.3, -0.25) is 0 Å². The molecule has 0 amide bonds. The molecule has 9 heavy (non-hydrogen) atoms. The molecule has 2 nitrogen and oxygen atoms in total. The molecule has 1 aliphatic heterocycles. The zero-order valence-electron chi connectivity index (χ0n) is 5.13. The van der Waals surface area contributed by atoms with Gasteiger partial charge in [0.1, 0.15) is 5.44 Å². The lowest BCUT2D eigenvalue weighted by molar-refractivity contribution is 0.237. The summed E-state index contributed by atoms with van der Waals surface area (Å²) in [6.07, 6.45) is 3.43. The molecular formula is C6H9O2S. The third-order valence-corrected chi connectivity index (χ3v) is 2.55. The molecule has 0 aromatic rings. The minimum atomic E-state index is 0.0937. The summed E-state index contributed by atoms with van der Waals surface area (Å²) in [5, 5.41) is 0. The third-order valence-electron chi connectivity index (χ3n) is 1.32. The minimum Gasteiger partial charge on any atom is -0.443 e. The predicted molar refractivity (Wildman–Crippen MR) is 36.9 cm³/mol. The van der Waals surface area contributed by atoms with Crippen molar-refractivity contribution in [2.24, 2.45) is 0 Å². The van der Waals surface area contributed by atoms with Crippen molar-refractivity contribution in [1.29, 1.82) is 0 Å². The zero-order valence-corrected chi connectivity index (χ0v) is 5.95. The van der Waals surface area contributed by atoms with E-state index in [1.54, 1.807) is 11.8 Å². The van der Waals surface area contributed by atoms with Crippen LogP contribution in [-0.4, -0.2) is 17.7 Å². The molecule has 0 aromatic heterocycles. The second-order valence-electron chi connectivity index (χ2n) is 2.00. The van der Waals surface area contributed by atoms with Crippen LogP contribution in [0, 0.1) is 0 Å². The lowest BCUT2D eigenvalue weighted by Crippen LogP contribution is -2.12. The fraction of sp³-hybridized carbons (Fsp3) is 0.833. The Morgan fingerprint density at radius 2 is 2.44 bits per heavy atom. The molecule has 1 radical (unpaired) electrons. The molecule has 0 aliphatic carbocycles. The Hall–Kier alpha value is -0.180. The van der Waals surface area contributed by atoms with Crippen molar-refractivity contribution in [1.82, 2.24) is 0 Å². The van der Waals surface area contributed by atoms with Crippen LogP contribution in [0.1, 0.15) is 19.3 Å². The van der Waals surface area contributed by atoms with E-state index in [2.05, 4.69) is 4.74 Å². The Labute approximate surface area is 59.0 Å². The fourth-order valence-corrected chi connectivity index (χ4v) is 1.93. The average molecular weight is 145 g/mol. The third kappa shape index (κ3) is 2.26. The van der Waals surface area contributed by atoms with Crippen LogP contribution in [0.5, 0.6) is 0 Å². The summed E-state index contributed by atoms with van der Waals surface area (Å²) >= 11 is 1.70. The van der Waals surface area contributed by atoms with Crippen molar-refractivity contribution < 1.29 is 9.53 Å². The maximum atomic E-state index is 9.71. The largest absolute Gasteiger partial charge is 0.443 e. The standard InChI is InChI=1S/C6H9O2S/c7-5-8-6-3-1-2-4-9-6/h6H,1-4H2. The summed E-state index contributed by atoms with van der Waals surface area (Å²) in [5.41, 5.74) is 0.0937. The van der Waals surface area contributed by atoms with Crippen molar-refractivity contribution in [2.75, 3.05) is 5.75 Å². The predicted octanol–water partition coefficient (Wildman–Crippen LogP) is 1.31. The van der Waals surface area contributed by atoms with Crippen LogP contribution in [0.3, 0.4) is 0 Å². The summed E-state index contributed by atoms with van der Waals surface area (Å²) in [7, 11) is 0. The van der Waals surface area contributed by atoms with Gasteiger partial charge in [-0.2, -0.15) is 0 Å². The van der Waals surface area contributed by atoms with Crippen LogP contribution in [0.15, 0.2) is 0 Å². The zero-order chi connectivity index (χ0) is 6.53. The molecule has 1 unspecified atom stereocenters. The van der Waals surface area contributed by atoms with Gasteiger partial charge in [-0.1, -0.05) is 0 Å². The monoisotopic (exact) mass is 145 g/mol. The van der Waals surface area contributed by atoms with E-state index in [1.807, 2.05) is 0 Å². The van der Waals surface area contributed by atoms with E-state index in [-0.39, 0.29) is 5.44 Å². The Morgan fingerprint density at radius 1 is 1.56 bits per heavy atom. The number of rotatable bonds is 2. The Balaban J connectivity index is 2.15. The van der Waals surface area contributed by atoms with E-state index in [0.717, 1.165) is 12.2 Å². The van der Waals surface area contributed by atoms with E-state index in [1.165, 1.54) is 19.3 Å². The van der Waals surface area contributed by atoms with Crippen molar-refractivity contribution in [3.8, 4) is 0 Å². The highest BCUT2D eigenvalue weighted by molar-refractivity contribution is 7.99. The SMILES string of the molecule is O=[C]OC1CCCCS1. The maximum absolute atomic E-state index is 9.71. The summed E-state index contributed by atoms with van der Waals surface area (Å²) in [4.78, 5) is 9.71. The molecule has 1 saturated heterocycles. The van der Waals surface area contributed by atoms with Gasteiger partial charge in [0, 0.05) is 0 Å². The van der Waals surface area contributed by atoms with Crippen molar-refractivity contribution in [3.05, 3.63) is 0 Å². The summed E-state index contributed by atoms with van der Waals surface area (Å²) in [5.74, 6) is 1.12. The molecule has 1 rings (SSSR count). The molecule has 1 fully saturated rings. The highest BCUT2D eigenvalue weighted by Gasteiger charge is 2.13. The first kappa shape index (κ1) is 6.93. The quantitative estimate of drug-likeness (QED) is 0.586. The normalized spacial score (nSPS) is 27.3. The van der Waals surface area contributed by atoms with Crippen molar-refractivity contribution >= 4 is 18.2 Å². The van der Waals surface area contributed by atoms with Gasteiger partial charge in [-0.15, -0.1) is 11.8 Å². The molecule has 51 valence electrons. The Bertz CT molecular complexity index is 89.1. The van der Waals surface area contributed by atoms with E-state index in [4.69, 9.17) is 0 Å². The second kappa shape index (κ2) is 3.77. The highest BCUT2D eigenvalue weighted by atomic mass is 32.2. The lowest BCUT2D eigenvalue weighted by Gasteiger charge is -2.17. The van der Waals surface area contributed by atoms with E-state index in [9.17, 15) is 4.79 Å². The molecular weight excluding hydrogens is 136 g/mol. The van der Waals surface area contributed by atoms with Gasteiger partial charge in [-0.05, 0) is 25.0 Å².